The van der Waals surface area contributed by atoms with E-state index in [9.17, 15) is 9.50 Å². The van der Waals surface area contributed by atoms with E-state index in [1.54, 1.807) is 18.3 Å². The van der Waals surface area contributed by atoms with Gasteiger partial charge in [0.1, 0.15) is 17.3 Å². The molecule has 132 valence electrons. The molecular formula is C19H22FN3O2. The highest BCUT2D eigenvalue weighted by Crippen LogP contribution is 2.24. The first kappa shape index (κ1) is 17.4. The molecule has 6 heteroatoms. The smallest absolute Gasteiger partial charge is 0.152 e. The molecule has 0 aliphatic rings. The number of aliphatic hydroxyl groups excluding tert-OH is 1. The fourth-order valence-corrected chi connectivity index (χ4v) is 2.75. The summed E-state index contributed by atoms with van der Waals surface area (Å²) in [6, 6.07) is 9.84. The Balaban J connectivity index is 1.57. The number of nitrogens with zero attached hydrogens (tertiary/aromatic N) is 1. The van der Waals surface area contributed by atoms with Crippen LogP contribution in [0, 0.1) is 12.7 Å². The Kier molecular flexibility index (Phi) is 5.31. The molecule has 2 atom stereocenters. The van der Waals surface area contributed by atoms with Crippen LogP contribution in [-0.4, -0.2) is 21.3 Å². The number of furan rings is 1. The van der Waals surface area contributed by atoms with Crippen LogP contribution in [0.1, 0.15) is 36.3 Å². The van der Waals surface area contributed by atoms with Crippen molar-refractivity contribution < 1.29 is 13.9 Å². The van der Waals surface area contributed by atoms with Crippen molar-refractivity contribution in [2.24, 2.45) is 0 Å². The molecule has 3 aromatic rings. The second-order valence-corrected chi connectivity index (χ2v) is 6.27. The Labute approximate surface area is 145 Å². The Morgan fingerprint density at radius 1 is 1.24 bits per heavy atom. The number of aliphatic hydroxyl groups is 1. The van der Waals surface area contributed by atoms with Crippen molar-refractivity contribution in [3.63, 3.8) is 0 Å². The number of halogens is 1. The van der Waals surface area contributed by atoms with E-state index in [-0.39, 0.29) is 11.9 Å². The largest absolute Gasteiger partial charge is 0.460 e. The summed E-state index contributed by atoms with van der Waals surface area (Å²) < 4.78 is 18.6. The minimum Gasteiger partial charge on any atom is -0.460 e. The third kappa shape index (κ3) is 4.35. The highest BCUT2D eigenvalue weighted by Gasteiger charge is 2.15. The highest BCUT2D eigenvalue weighted by molar-refractivity contribution is 5.56. The second-order valence-electron chi connectivity index (χ2n) is 6.27. The minimum atomic E-state index is -0.639. The number of aromatic amines is 1. The zero-order chi connectivity index (χ0) is 17.8. The quantitative estimate of drug-likeness (QED) is 0.611. The van der Waals surface area contributed by atoms with E-state index >= 15 is 0 Å². The predicted octanol–water partition coefficient (Wildman–Crippen LogP) is 3.72. The lowest BCUT2D eigenvalue weighted by Gasteiger charge is -2.18. The number of hydrogen-bond acceptors (Lipinski definition) is 4. The van der Waals surface area contributed by atoms with Crippen molar-refractivity contribution >= 4 is 0 Å². The van der Waals surface area contributed by atoms with E-state index in [0.717, 1.165) is 22.8 Å². The topological polar surface area (TPSA) is 74.1 Å². The molecule has 5 nitrogen and oxygen atoms in total. The molecule has 0 bridgehead atoms. The lowest BCUT2D eigenvalue weighted by Crippen LogP contribution is -2.27. The molecule has 2 aromatic heterocycles. The highest BCUT2D eigenvalue weighted by atomic mass is 19.1. The molecule has 0 aliphatic carbocycles. The van der Waals surface area contributed by atoms with E-state index in [0.29, 0.717) is 18.5 Å². The molecular weight excluding hydrogens is 321 g/mol. The van der Waals surface area contributed by atoms with Crippen LogP contribution in [0.2, 0.25) is 0 Å². The Bertz CT molecular complexity index is 810. The van der Waals surface area contributed by atoms with Crippen LogP contribution in [0.5, 0.6) is 0 Å². The van der Waals surface area contributed by atoms with Crippen LogP contribution in [0.15, 0.2) is 47.0 Å². The monoisotopic (exact) mass is 343 g/mol. The Morgan fingerprint density at radius 2 is 2.00 bits per heavy atom. The maximum absolute atomic E-state index is 13.0. The van der Waals surface area contributed by atoms with Crippen molar-refractivity contribution in [3.05, 3.63) is 65.3 Å². The number of rotatable bonds is 7. The van der Waals surface area contributed by atoms with Gasteiger partial charge < -0.3 is 14.8 Å². The lowest BCUT2D eigenvalue weighted by atomic mass is 10.0. The van der Waals surface area contributed by atoms with Gasteiger partial charge in [0, 0.05) is 18.2 Å². The number of nitrogens with one attached hydrogen (secondary N) is 2. The van der Waals surface area contributed by atoms with Crippen LogP contribution >= 0.6 is 0 Å². The predicted molar refractivity (Wildman–Crippen MR) is 93.3 cm³/mol. The average molecular weight is 343 g/mol. The molecule has 25 heavy (non-hydrogen) atoms. The van der Waals surface area contributed by atoms with Gasteiger partial charge in [-0.2, -0.15) is 5.10 Å². The van der Waals surface area contributed by atoms with Crippen molar-refractivity contribution in [1.29, 1.82) is 0 Å². The third-order valence-corrected chi connectivity index (χ3v) is 4.18. The fourth-order valence-electron chi connectivity index (χ4n) is 2.75. The zero-order valence-electron chi connectivity index (χ0n) is 14.3. The average Bonchev–Trinajstić information content (AvgIpc) is 3.22. The first-order chi connectivity index (χ1) is 12.0. The van der Waals surface area contributed by atoms with Crippen molar-refractivity contribution in [2.75, 3.05) is 0 Å². The SMILES string of the molecule is Cc1ccc(-c2[nH]ncc2CNC(C)CC(O)c2ccc(F)cc2)o1. The third-order valence-electron chi connectivity index (χ3n) is 4.18. The van der Waals surface area contributed by atoms with Gasteiger partial charge in [0.2, 0.25) is 0 Å². The number of hydrogen-bond donors (Lipinski definition) is 3. The summed E-state index contributed by atoms with van der Waals surface area (Å²) in [4.78, 5) is 0. The maximum atomic E-state index is 13.0. The van der Waals surface area contributed by atoms with Gasteiger partial charge in [-0.05, 0) is 50.1 Å². The number of aryl methyl sites for hydroxylation is 1. The standard InChI is InChI=1S/C19H22FN3O2/c1-12(9-17(24)14-4-6-16(20)7-5-14)21-10-15-11-22-23-19(15)18-8-3-13(2)25-18/h3-8,11-12,17,21,24H,9-10H2,1-2H3,(H,22,23). The summed E-state index contributed by atoms with van der Waals surface area (Å²) in [7, 11) is 0. The molecule has 0 radical (unpaired) electrons. The molecule has 0 fully saturated rings. The first-order valence-corrected chi connectivity index (χ1v) is 8.29. The van der Waals surface area contributed by atoms with Gasteiger partial charge in [-0.1, -0.05) is 12.1 Å². The number of aromatic nitrogens is 2. The van der Waals surface area contributed by atoms with E-state index in [2.05, 4.69) is 15.5 Å². The summed E-state index contributed by atoms with van der Waals surface area (Å²) in [5.41, 5.74) is 2.56. The van der Waals surface area contributed by atoms with Crippen molar-refractivity contribution in [1.82, 2.24) is 15.5 Å². The van der Waals surface area contributed by atoms with Gasteiger partial charge in [-0.15, -0.1) is 0 Å². The van der Waals surface area contributed by atoms with Crippen LogP contribution in [0.4, 0.5) is 4.39 Å². The van der Waals surface area contributed by atoms with Gasteiger partial charge in [0.25, 0.3) is 0 Å². The van der Waals surface area contributed by atoms with Crippen molar-refractivity contribution in [3.8, 4) is 11.5 Å². The molecule has 1 aromatic carbocycles. The maximum Gasteiger partial charge on any atom is 0.152 e. The molecule has 0 aliphatic heterocycles. The fraction of sp³-hybridized carbons (Fsp3) is 0.316. The number of H-pyrrole nitrogens is 1. The first-order valence-electron chi connectivity index (χ1n) is 8.29. The molecule has 0 saturated heterocycles. The van der Waals surface area contributed by atoms with Gasteiger partial charge >= 0.3 is 0 Å². The lowest BCUT2D eigenvalue weighted by molar-refractivity contribution is 0.154. The molecule has 0 amide bonds. The van der Waals surface area contributed by atoms with Crippen LogP contribution in [0.3, 0.4) is 0 Å². The van der Waals surface area contributed by atoms with E-state index < -0.39 is 6.10 Å². The Morgan fingerprint density at radius 3 is 2.68 bits per heavy atom. The summed E-state index contributed by atoms with van der Waals surface area (Å²) in [6.07, 6.45) is 1.65. The van der Waals surface area contributed by atoms with E-state index in [4.69, 9.17) is 4.42 Å². The molecule has 0 spiro atoms. The van der Waals surface area contributed by atoms with Gasteiger partial charge in [0.05, 0.1) is 12.3 Å². The van der Waals surface area contributed by atoms with Crippen LogP contribution in [-0.2, 0) is 6.54 Å². The van der Waals surface area contributed by atoms with E-state index in [1.807, 2.05) is 26.0 Å². The van der Waals surface area contributed by atoms with Gasteiger partial charge in [0.15, 0.2) is 5.76 Å². The normalized spacial score (nSPS) is 13.8. The van der Waals surface area contributed by atoms with Gasteiger partial charge in [-0.3, -0.25) is 5.10 Å². The Hall–Kier alpha value is -2.44. The molecule has 0 saturated carbocycles. The molecule has 2 unspecified atom stereocenters. The summed E-state index contributed by atoms with van der Waals surface area (Å²) in [6.45, 7) is 4.50. The molecule has 3 N–H and O–H groups in total. The summed E-state index contributed by atoms with van der Waals surface area (Å²) in [5, 5.41) is 20.7. The molecule has 2 heterocycles. The summed E-state index contributed by atoms with van der Waals surface area (Å²) >= 11 is 0. The minimum absolute atomic E-state index is 0.0705. The van der Waals surface area contributed by atoms with E-state index in [1.165, 1.54) is 12.1 Å². The second kappa shape index (κ2) is 7.63. The van der Waals surface area contributed by atoms with Crippen LogP contribution in [0.25, 0.3) is 11.5 Å². The summed E-state index contributed by atoms with van der Waals surface area (Å²) in [5.74, 6) is 1.30. The molecule has 3 rings (SSSR count). The van der Waals surface area contributed by atoms with Crippen molar-refractivity contribution in [2.45, 2.75) is 39.0 Å². The van der Waals surface area contributed by atoms with Crippen LogP contribution < -0.4 is 5.32 Å². The number of benzene rings is 1. The zero-order valence-corrected chi connectivity index (χ0v) is 14.3. The van der Waals surface area contributed by atoms with Gasteiger partial charge in [-0.25, -0.2) is 4.39 Å².